The molecule has 2 atom stereocenters. The van der Waals surface area contributed by atoms with Crippen molar-refractivity contribution in [1.29, 1.82) is 0 Å². The lowest BCUT2D eigenvalue weighted by Crippen LogP contribution is -2.46. The van der Waals surface area contributed by atoms with Gasteiger partial charge in [-0.05, 0) is 45.2 Å². The summed E-state index contributed by atoms with van der Waals surface area (Å²) in [5.74, 6) is 0.840. The third-order valence-electron chi connectivity index (χ3n) is 4.47. The van der Waals surface area contributed by atoms with Crippen molar-refractivity contribution in [2.45, 2.75) is 39.2 Å². The first-order valence-corrected chi connectivity index (χ1v) is 7.75. The Bertz CT molecular complexity index is 428. The third-order valence-corrected chi connectivity index (χ3v) is 4.47. The van der Waals surface area contributed by atoms with E-state index in [1.807, 2.05) is 25.7 Å². The molecule has 3 nitrogen and oxygen atoms in total. The molecule has 0 radical (unpaired) electrons. The van der Waals surface area contributed by atoms with Gasteiger partial charge in [0.25, 0.3) is 0 Å². The quantitative estimate of drug-likeness (QED) is 0.824. The molecule has 1 aromatic carbocycles. The van der Waals surface area contributed by atoms with Gasteiger partial charge in [0.1, 0.15) is 0 Å². The van der Waals surface area contributed by atoms with Gasteiger partial charge in [0.05, 0.1) is 6.04 Å². The summed E-state index contributed by atoms with van der Waals surface area (Å²) in [6.07, 6.45) is 1.15. The molecule has 0 aromatic heterocycles. The normalized spacial score (nSPS) is 20.9. The van der Waals surface area contributed by atoms with Gasteiger partial charge in [-0.15, -0.1) is 0 Å². The highest BCUT2D eigenvalue weighted by molar-refractivity contribution is 5.81. The molecular formula is C17H26N2O. The van der Waals surface area contributed by atoms with Gasteiger partial charge in [-0.2, -0.15) is 0 Å². The van der Waals surface area contributed by atoms with Crippen LogP contribution in [0.25, 0.3) is 0 Å². The fraction of sp³-hybridized carbons (Fsp3) is 0.588. The van der Waals surface area contributed by atoms with Crippen molar-refractivity contribution in [3.05, 3.63) is 35.9 Å². The van der Waals surface area contributed by atoms with E-state index < -0.39 is 0 Å². The maximum Gasteiger partial charge on any atom is 0.239 e. The highest BCUT2D eigenvalue weighted by atomic mass is 16.2. The zero-order chi connectivity index (χ0) is 14.5. The molecule has 1 aliphatic heterocycles. The van der Waals surface area contributed by atoms with Crippen LogP contribution in [0.4, 0.5) is 0 Å². The van der Waals surface area contributed by atoms with Crippen molar-refractivity contribution in [2.24, 2.45) is 0 Å². The summed E-state index contributed by atoms with van der Waals surface area (Å²) in [5.41, 5.74) is 1.40. The fourth-order valence-electron chi connectivity index (χ4n) is 3.09. The molecule has 1 fully saturated rings. The van der Waals surface area contributed by atoms with Crippen LogP contribution >= 0.6 is 0 Å². The van der Waals surface area contributed by atoms with E-state index in [-0.39, 0.29) is 11.9 Å². The number of nitrogens with zero attached hydrogens (tertiary/aromatic N) is 2. The fourth-order valence-corrected chi connectivity index (χ4v) is 3.09. The SMILES string of the molecule is CCN(CC)C(=O)[C@@H](C)N1CC[C@@H](c2ccccc2)C1. The first kappa shape index (κ1) is 15.0. The van der Waals surface area contributed by atoms with Gasteiger partial charge in [-0.3, -0.25) is 9.69 Å². The number of carbonyl (C=O) groups is 1. The van der Waals surface area contributed by atoms with E-state index in [2.05, 4.69) is 35.2 Å². The second kappa shape index (κ2) is 6.89. The lowest BCUT2D eigenvalue weighted by molar-refractivity contribution is -0.135. The smallest absolute Gasteiger partial charge is 0.239 e. The average molecular weight is 274 g/mol. The molecule has 1 aliphatic rings. The Morgan fingerprint density at radius 1 is 1.30 bits per heavy atom. The minimum absolute atomic E-state index is 0.00334. The summed E-state index contributed by atoms with van der Waals surface area (Å²) in [6.45, 7) is 9.76. The predicted molar refractivity (Wildman–Crippen MR) is 82.8 cm³/mol. The first-order chi connectivity index (χ1) is 9.67. The van der Waals surface area contributed by atoms with Crippen molar-refractivity contribution < 1.29 is 4.79 Å². The summed E-state index contributed by atoms with van der Waals surface area (Å²) in [6, 6.07) is 10.7. The topological polar surface area (TPSA) is 23.6 Å². The molecule has 1 heterocycles. The summed E-state index contributed by atoms with van der Waals surface area (Å²) in [7, 11) is 0. The molecule has 0 N–H and O–H groups in total. The molecule has 110 valence electrons. The number of likely N-dealkylation sites (N-methyl/N-ethyl adjacent to an activating group) is 1. The second-order valence-corrected chi connectivity index (χ2v) is 5.58. The number of rotatable bonds is 5. The molecule has 20 heavy (non-hydrogen) atoms. The Hall–Kier alpha value is -1.35. The number of carbonyl (C=O) groups excluding carboxylic acids is 1. The first-order valence-electron chi connectivity index (χ1n) is 7.75. The zero-order valence-corrected chi connectivity index (χ0v) is 12.9. The number of likely N-dealkylation sites (tertiary alicyclic amines) is 1. The molecule has 0 bridgehead atoms. The van der Waals surface area contributed by atoms with Gasteiger partial charge >= 0.3 is 0 Å². The second-order valence-electron chi connectivity index (χ2n) is 5.58. The van der Waals surface area contributed by atoms with E-state index in [0.29, 0.717) is 5.92 Å². The van der Waals surface area contributed by atoms with Gasteiger partial charge in [-0.1, -0.05) is 30.3 Å². The van der Waals surface area contributed by atoms with Crippen LogP contribution in [0.1, 0.15) is 38.7 Å². The molecular weight excluding hydrogens is 248 g/mol. The zero-order valence-electron chi connectivity index (χ0n) is 12.9. The predicted octanol–water partition coefficient (Wildman–Crippen LogP) is 2.73. The van der Waals surface area contributed by atoms with E-state index >= 15 is 0 Å². The number of amides is 1. The molecule has 2 rings (SSSR count). The number of hydrogen-bond donors (Lipinski definition) is 0. The van der Waals surface area contributed by atoms with E-state index in [1.54, 1.807) is 0 Å². The lowest BCUT2D eigenvalue weighted by atomic mass is 9.99. The van der Waals surface area contributed by atoms with Gasteiger partial charge in [0.15, 0.2) is 0 Å². The van der Waals surface area contributed by atoms with Gasteiger partial charge < -0.3 is 4.90 Å². The summed E-state index contributed by atoms with van der Waals surface area (Å²) < 4.78 is 0. The minimum Gasteiger partial charge on any atom is -0.342 e. The van der Waals surface area contributed by atoms with E-state index in [9.17, 15) is 4.79 Å². The molecule has 0 saturated carbocycles. The van der Waals surface area contributed by atoms with Crippen LogP contribution in [0.5, 0.6) is 0 Å². The Balaban J connectivity index is 1.97. The van der Waals surface area contributed by atoms with E-state index in [4.69, 9.17) is 0 Å². The van der Waals surface area contributed by atoms with Crippen LogP contribution in [0.3, 0.4) is 0 Å². The Morgan fingerprint density at radius 2 is 1.95 bits per heavy atom. The molecule has 1 saturated heterocycles. The van der Waals surface area contributed by atoms with Crippen molar-refractivity contribution in [2.75, 3.05) is 26.2 Å². The third kappa shape index (κ3) is 3.21. The number of hydrogen-bond acceptors (Lipinski definition) is 2. The summed E-state index contributed by atoms with van der Waals surface area (Å²) >= 11 is 0. The monoisotopic (exact) mass is 274 g/mol. The van der Waals surface area contributed by atoms with Crippen LogP contribution in [-0.4, -0.2) is 47.9 Å². The standard InChI is InChI=1S/C17H26N2O/c1-4-18(5-2)17(20)14(3)19-12-11-16(13-19)15-9-7-6-8-10-15/h6-10,14,16H,4-5,11-13H2,1-3H3/t14-,16-/m1/s1. The molecule has 3 heteroatoms. The van der Waals surface area contributed by atoms with Crippen molar-refractivity contribution in [3.8, 4) is 0 Å². The minimum atomic E-state index is 0.00334. The molecule has 1 aromatic rings. The number of benzene rings is 1. The largest absolute Gasteiger partial charge is 0.342 e. The Kier molecular flexibility index (Phi) is 5.18. The highest BCUT2D eigenvalue weighted by Gasteiger charge is 2.31. The van der Waals surface area contributed by atoms with E-state index in [0.717, 1.165) is 32.6 Å². The van der Waals surface area contributed by atoms with Gasteiger partial charge in [0.2, 0.25) is 5.91 Å². The van der Waals surface area contributed by atoms with Crippen LogP contribution in [-0.2, 0) is 4.79 Å². The maximum absolute atomic E-state index is 12.4. The lowest BCUT2D eigenvalue weighted by Gasteiger charge is -2.29. The highest BCUT2D eigenvalue weighted by Crippen LogP contribution is 2.28. The van der Waals surface area contributed by atoms with Gasteiger partial charge in [0, 0.05) is 19.6 Å². The van der Waals surface area contributed by atoms with Crippen LogP contribution in [0.2, 0.25) is 0 Å². The van der Waals surface area contributed by atoms with Crippen molar-refractivity contribution in [3.63, 3.8) is 0 Å². The summed E-state index contributed by atoms with van der Waals surface area (Å²) in [4.78, 5) is 16.7. The maximum atomic E-state index is 12.4. The van der Waals surface area contributed by atoms with E-state index in [1.165, 1.54) is 5.56 Å². The Labute approximate surface area is 122 Å². The van der Waals surface area contributed by atoms with Crippen LogP contribution < -0.4 is 0 Å². The van der Waals surface area contributed by atoms with Crippen LogP contribution in [0.15, 0.2) is 30.3 Å². The Morgan fingerprint density at radius 3 is 2.55 bits per heavy atom. The molecule has 0 unspecified atom stereocenters. The van der Waals surface area contributed by atoms with Crippen LogP contribution in [0, 0.1) is 0 Å². The average Bonchev–Trinajstić information content (AvgIpc) is 2.98. The summed E-state index contributed by atoms with van der Waals surface area (Å²) in [5, 5.41) is 0. The van der Waals surface area contributed by atoms with Gasteiger partial charge in [-0.25, -0.2) is 0 Å². The molecule has 0 spiro atoms. The van der Waals surface area contributed by atoms with Crippen molar-refractivity contribution >= 4 is 5.91 Å². The van der Waals surface area contributed by atoms with Crippen molar-refractivity contribution in [1.82, 2.24) is 9.80 Å². The molecule has 1 amide bonds. The molecule has 0 aliphatic carbocycles.